The first-order valence-corrected chi connectivity index (χ1v) is 19.8. The summed E-state index contributed by atoms with van der Waals surface area (Å²) in [4.78, 5) is 120. The van der Waals surface area contributed by atoms with Gasteiger partial charge in [-0.05, 0) is 56.7 Å². The van der Waals surface area contributed by atoms with Crippen LogP contribution < -0.4 is 54.8 Å². The van der Waals surface area contributed by atoms with E-state index in [0.717, 1.165) is 11.8 Å². The number of nitrogens with one attached hydrogen (secondary N) is 6. The number of hydrogen-bond donors (Lipinski definition) is 15. The Morgan fingerprint density at radius 1 is 0.810 bits per heavy atom. The largest absolute Gasteiger partial charge is 0.508 e. The van der Waals surface area contributed by atoms with E-state index in [0.29, 0.717) is 5.56 Å². The minimum Gasteiger partial charge on any atom is -0.508 e. The number of phenols is 1. The molecule has 0 unspecified atom stereocenters. The number of phenolic OH excluding ortho intramolecular Hbond substituents is 1. The van der Waals surface area contributed by atoms with E-state index in [1.54, 1.807) is 0 Å². The van der Waals surface area contributed by atoms with Gasteiger partial charge in [0.25, 0.3) is 0 Å². The second-order valence-electron chi connectivity index (χ2n) is 14.6. The second-order valence-corrected chi connectivity index (χ2v) is 14.6. The van der Waals surface area contributed by atoms with E-state index in [9.17, 15) is 68.7 Å². The number of guanidine groups is 1. The Labute approximate surface area is 360 Å². The zero-order valence-corrected chi connectivity index (χ0v) is 34.5. The number of primary amides is 1. The molecular formula is C37H58N12O14. The number of carbonyl (C=O) groups is 9. The van der Waals surface area contributed by atoms with Gasteiger partial charge in [0.1, 0.15) is 36.0 Å². The predicted octanol–water partition coefficient (Wildman–Crippen LogP) is -7.44. The Morgan fingerprint density at radius 2 is 1.43 bits per heavy atom. The van der Waals surface area contributed by atoms with Crippen molar-refractivity contribution in [3.63, 3.8) is 0 Å². The lowest BCUT2D eigenvalue weighted by Gasteiger charge is -2.30. The Kier molecular flexibility index (Phi) is 21.6. The summed E-state index contributed by atoms with van der Waals surface area (Å²) in [6.07, 6.45) is -1.56. The van der Waals surface area contributed by atoms with Gasteiger partial charge in [-0.15, -0.1) is 0 Å². The Morgan fingerprint density at radius 3 is 2.00 bits per heavy atom. The maximum Gasteiger partial charge on any atom is 0.328 e. The molecule has 0 bridgehead atoms. The summed E-state index contributed by atoms with van der Waals surface area (Å²) in [5.41, 5.74) is 22.1. The number of aliphatic imine (C=N–C) groups is 1. The molecule has 0 aromatic heterocycles. The lowest BCUT2D eigenvalue weighted by Crippen LogP contribution is -2.60. The molecular weight excluding hydrogens is 836 g/mol. The fourth-order valence-electron chi connectivity index (χ4n) is 6.16. The van der Waals surface area contributed by atoms with Crippen LogP contribution in [0.1, 0.15) is 51.0 Å². The highest BCUT2D eigenvalue weighted by atomic mass is 16.4. The molecule has 1 aliphatic rings. The Balaban J connectivity index is 2.11. The minimum atomic E-state index is -1.72. The third-order valence-electron chi connectivity index (χ3n) is 9.57. The number of amides is 8. The SMILES string of the molecule is C[C@@H](O)[C@H](NC(=O)[C@H](CCCN=C(N)N)NC(=O)[C@@H]1CCCN1C(=O)[C@H](CO)NC(=O)[C@H](CO)NC(=O)CNC(=O)[C@H](Cc1ccc(O)cc1)NC(=O)[C@@H](N)CCC(N)=O)C(=O)O. The summed E-state index contributed by atoms with van der Waals surface area (Å²) in [7, 11) is 0. The molecule has 1 saturated heterocycles. The number of aliphatic hydroxyl groups is 3. The number of carbonyl (C=O) groups excluding carboxylic acids is 8. The van der Waals surface area contributed by atoms with Crippen molar-refractivity contribution < 1.29 is 68.7 Å². The number of benzene rings is 1. The first-order chi connectivity index (χ1) is 29.7. The summed E-state index contributed by atoms with van der Waals surface area (Å²) in [5, 5.41) is 62.7. The van der Waals surface area contributed by atoms with Crippen molar-refractivity contribution >= 4 is 59.2 Å². The molecule has 1 heterocycles. The molecule has 1 aliphatic heterocycles. The smallest absolute Gasteiger partial charge is 0.328 e. The lowest BCUT2D eigenvalue weighted by molar-refractivity contribution is -0.146. The van der Waals surface area contributed by atoms with Crippen molar-refractivity contribution in [2.24, 2.45) is 27.9 Å². The van der Waals surface area contributed by atoms with Crippen LogP contribution in [0.2, 0.25) is 0 Å². The molecule has 26 nitrogen and oxygen atoms in total. The van der Waals surface area contributed by atoms with Crippen LogP contribution in [0.5, 0.6) is 5.75 Å². The number of nitrogens with two attached hydrogens (primary N) is 4. The molecule has 350 valence electrons. The lowest BCUT2D eigenvalue weighted by atomic mass is 10.0. The van der Waals surface area contributed by atoms with Crippen LogP contribution in [-0.2, 0) is 49.6 Å². The average molecular weight is 895 g/mol. The number of aromatic hydroxyl groups is 1. The molecule has 1 aromatic rings. The first-order valence-electron chi connectivity index (χ1n) is 19.8. The summed E-state index contributed by atoms with van der Waals surface area (Å²) in [6, 6.07) is -4.64. The van der Waals surface area contributed by atoms with Gasteiger partial charge in [0.15, 0.2) is 12.0 Å². The van der Waals surface area contributed by atoms with Gasteiger partial charge in [-0.2, -0.15) is 0 Å². The summed E-state index contributed by atoms with van der Waals surface area (Å²) < 4.78 is 0. The van der Waals surface area contributed by atoms with Crippen molar-refractivity contribution in [3.05, 3.63) is 29.8 Å². The summed E-state index contributed by atoms with van der Waals surface area (Å²) in [6.45, 7) is -1.64. The van der Waals surface area contributed by atoms with Crippen LogP contribution in [0.15, 0.2) is 29.3 Å². The fourth-order valence-corrected chi connectivity index (χ4v) is 6.16. The molecule has 8 amide bonds. The van der Waals surface area contributed by atoms with Gasteiger partial charge in [-0.25, -0.2) is 4.79 Å². The number of carboxylic acids is 1. The van der Waals surface area contributed by atoms with Gasteiger partial charge in [-0.3, -0.25) is 43.3 Å². The number of nitrogens with zero attached hydrogens (tertiary/aromatic N) is 2. The highest BCUT2D eigenvalue weighted by Gasteiger charge is 2.40. The topological polar surface area (TPSA) is 447 Å². The van der Waals surface area contributed by atoms with E-state index in [1.165, 1.54) is 24.3 Å². The van der Waals surface area contributed by atoms with E-state index in [4.69, 9.17) is 22.9 Å². The summed E-state index contributed by atoms with van der Waals surface area (Å²) >= 11 is 0. The van der Waals surface area contributed by atoms with Crippen molar-refractivity contribution in [3.8, 4) is 5.75 Å². The van der Waals surface area contributed by atoms with E-state index in [-0.39, 0.29) is 69.7 Å². The molecule has 63 heavy (non-hydrogen) atoms. The van der Waals surface area contributed by atoms with Crippen LogP contribution in [0, 0.1) is 0 Å². The van der Waals surface area contributed by atoms with Gasteiger partial charge < -0.3 is 85.3 Å². The number of rotatable bonds is 26. The quantitative estimate of drug-likeness (QED) is 0.0233. The summed E-state index contributed by atoms with van der Waals surface area (Å²) in [5.74, 6) is -9.12. The molecule has 2 rings (SSSR count). The second kappa shape index (κ2) is 26.0. The van der Waals surface area contributed by atoms with Crippen LogP contribution in [0.3, 0.4) is 0 Å². The third-order valence-corrected chi connectivity index (χ3v) is 9.57. The van der Waals surface area contributed by atoms with E-state index in [2.05, 4.69) is 36.9 Å². The van der Waals surface area contributed by atoms with Crippen LogP contribution in [0.4, 0.5) is 0 Å². The van der Waals surface area contributed by atoms with Gasteiger partial charge in [0.2, 0.25) is 47.3 Å². The number of aliphatic carboxylic acids is 1. The number of carboxylic acid groups (broad SMARTS) is 1. The number of aliphatic hydroxyl groups excluding tert-OH is 3. The zero-order chi connectivity index (χ0) is 47.4. The van der Waals surface area contributed by atoms with E-state index >= 15 is 0 Å². The van der Waals surface area contributed by atoms with Crippen LogP contribution in [0.25, 0.3) is 0 Å². The van der Waals surface area contributed by atoms with Crippen LogP contribution in [-0.4, -0.2) is 171 Å². The highest BCUT2D eigenvalue weighted by Crippen LogP contribution is 2.19. The van der Waals surface area contributed by atoms with Gasteiger partial charge in [-0.1, -0.05) is 12.1 Å². The fraction of sp³-hybridized carbons (Fsp3) is 0.568. The van der Waals surface area contributed by atoms with E-state index < -0.39 is 121 Å². The van der Waals surface area contributed by atoms with Crippen molar-refractivity contribution in [1.82, 2.24) is 36.8 Å². The molecule has 0 aliphatic carbocycles. The standard InChI is InChI=1S/C37H58N12O14/c1-18(52)29(36(62)63)48-32(58)22(4-2-12-42-37(40)41)45-34(60)26-5-3-13-49(26)35(61)25(17-51)47-33(59)24(16-50)44-28(55)15-43-31(57)23(14-19-6-8-20(53)9-7-19)46-30(56)21(38)10-11-27(39)54/h6-9,18,21-26,29,50-53H,2-5,10-17,38H2,1H3,(H2,39,54)(H,43,57)(H,44,55)(H,45,60)(H,46,56)(H,47,59)(H,48,58)(H,62,63)(H4,40,41,42)/t18-,21+,22+,23+,24+,25+,26+,29+/m1/s1. The minimum absolute atomic E-state index is 0.0267. The maximum absolute atomic E-state index is 13.6. The van der Waals surface area contributed by atoms with Gasteiger partial charge in [0.05, 0.1) is 31.9 Å². The number of hydrogen-bond acceptors (Lipinski definition) is 15. The monoisotopic (exact) mass is 894 g/mol. The van der Waals surface area contributed by atoms with E-state index in [1.807, 2.05) is 0 Å². The number of likely N-dealkylation sites (tertiary alicyclic amines) is 1. The molecule has 8 atom stereocenters. The normalized spacial score (nSPS) is 16.7. The van der Waals surface area contributed by atoms with Gasteiger partial charge >= 0.3 is 5.97 Å². The zero-order valence-electron chi connectivity index (χ0n) is 34.5. The third kappa shape index (κ3) is 17.7. The van der Waals surface area contributed by atoms with Crippen LogP contribution >= 0.6 is 0 Å². The molecule has 0 radical (unpaired) electrons. The van der Waals surface area contributed by atoms with Crippen molar-refractivity contribution in [1.29, 1.82) is 0 Å². The van der Waals surface area contributed by atoms with Crippen molar-refractivity contribution in [2.75, 3.05) is 32.8 Å². The maximum atomic E-state index is 13.6. The molecule has 1 fully saturated rings. The molecule has 26 heteroatoms. The molecule has 0 saturated carbocycles. The Hall–Kier alpha value is -6.64. The Bertz CT molecular complexity index is 1810. The average Bonchev–Trinajstić information content (AvgIpc) is 3.73. The highest BCUT2D eigenvalue weighted by molar-refractivity contribution is 5.97. The first kappa shape index (κ1) is 52.5. The van der Waals surface area contributed by atoms with Gasteiger partial charge in [0, 0.05) is 25.9 Å². The molecule has 0 spiro atoms. The van der Waals surface area contributed by atoms with Crippen molar-refractivity contribution in [2.45, 2.75) is 100 Å². The molecule has 1 aromatic carbocycles. The predicted molar refractivity (Wildman–Crippen MR) is 219 cm³/mol. The molecule has 19 N–H and O–H groups in total.